The topological polar surface area (TPSA) is 210 Å². The smallest absolute Gasteiger partial charge is 0.185 e. The first kappa shape index (κ1) is 50.1. The van der Waals surface area contributed by atoms with Gasteiger partial charge in [-0.1, -0.05) is 0 Å². The molecule has 0 saturated heterocycles. The standard InChI is InChI=1S/C46H33F12N7O6/c47-32-29(33(48)39(54)44(38(32)53)59-9-15(69)12-66)26-20-3-1-18(62-20)19-2-4-21(63-19)27(30-34(49)40(55)45(41(56)35(30)50)60-10-16(70)13-67)23-6-8-25(65-23)28(24-7-5-22(26)64-24)31-36(51)42(57)46(43(58)37(31)52)61-11-17(71)14-68/h1-8,15-17,59-62,66-71H,9-14H2. The summed E-state index contributed by atoms with van der Waals surface area (Å²) in [7, 11) is 0. The maximum absolute atomic E-state index is 16.5. The number of aromatic nitrogens is 1. The van der Waals surface area contributed by atoms with E-state index < -0.39 is 212 Å². The number of nitrogens with one attached hydrogen (secondary N) is 4. The van der Waals surface area contributed by atoms with E-state index in [9.17, 15) is 15.3 Å². The Morgan fingerprint density at radius 3 is 1.00 bits per heavy atom. The molecule has 1 aromatic heterocycles. The summed E-state index contributed by atoms with van der Waals surface area (Å²) in [4.78, 5) is 15.5. The van der Waals surface area contributed by atoms with E-state index in [0.717, 1.165) is 36.4 Å². The molecule has 71 heavy (non-hydrogen) atoms. The molecule has 3 atom stereocenters. The number of hydrogen-bond donors (Lipinski definition) is 10. The van der Waals surface area contributed by atoms with Crippen molar-refractivity contribution in [2.45, 2.75) is 18.3 Å². The van der Waals surface area contributed by atoms with Crippen LogP contribution in [0.5, 0.6) is 0 Å². The van der Waals surface area contributed by atoms with E-state index in [-0.39, 0.29) is 11.0 Å². The fourth-order valence-electron chi connectivity index (χ4n) is 7.67. The van der Waals surface area contributed by atoms with Crippen molar-refractivity contribution < 1.29 is 83.3 Å². The molecule has 0 radical (unpaired) electrons. The quantitative estimate of drug-likeness (QED) is 0.0612. The molecule has 5 heterocycles. The first-order valence-corrected chi connectivity index (χ1v) is 20.7. The predicted octanol–water partition coefficient (Wildman–Crippen LogP) is 4.16. The number of aromatic amines is 1. The lowest BCUT2D eigenvalue weighted by Crippen LogP contribution is -2.25. The molecule has 3 aromatic carbocycles. The van der Waals surface area contributed by atoms with Crippen molar-refractivity contribution >= 4 is 56.6 Å². The van der Waals surface area contributed by atoms with Crippen LogP contribution in [-0.2, 0) is 0 Å². The number of nitrogens with zero attached hydrogens (tertiary/aromatic N) is 3. The second-order valence-corrected chi connectivity index (χ2v) is 15.7. The number of allylic oxidation sites excluding steroid dienone is 7. The zero-order valence-corrected chi connectivity index (χ0v) is 35.7. The molecule has 8 rings (SSSR count). The Morgan fingerprint density at radius 1 is 0.380 bits per heavy atom. The van der Waals surface area contributed by atoms with Crippen LogP contribution in [0, 0.1) is 69.8 Å². The number of halogens is 12. The largest absolute Gasteiger partial charge is 0.394 e. The van der Waals surface area contributed by atoms with Crippen molar-refractivity contribution in [2.75, 3.05) is 55.4 Å². The highest BCUT2D eigenvalue weighted by Crippen LogP contribution is 2.42. The molecule has 0 fully saturated rings. The van der Waals surface area contributed by atoms with E-state index in [1.165, 1.54) is 12.1 Å². The molecule has 4 aromatic rings. The molecule has 3 unspecified atom stereocenters. The summed E-state index contributed by atoms with van der Waals surface area (Å²) in [6.07, 6.45) is 0.727. The number of benzene rings is 3. The molecule has 0 aliphatic carbocycles. The number of fused-ring (bicyclic) bond motifs is 5. The van der Waals surface area contributed by atoms with Gasteiger partial charge in [-0.15, -0.1) is 0 Å². The lowest BCUT2D eigenvalue weighted by atomic mass is 9.96. The maximum atomic E-state index is 16.5. The van der Waals surface area contributed by atoms with Crippen molar-refractivity contribution in [1.82, 2.24) is 4.98 Å². The van der Waals surface area contributed by atoms with Crippen molar-refractivity contribution in [2.24, 2.45) is 15.0 Å². The first-order chi connectivity index (χ1) is 33.8. The summed E-state index contributed by atoms with van der Waals surface area (Å²) in [6.45, 7) is -5.24. The van der Waals surface area contributed by atoms with Gasteiger partial charge in [-0.05, 0) is 48.6 Å². The van der Waals surface area contributed by atoms with Crippen LogP contribution in [0.1, 0.15) is 16.7 Å². The van der Waals surface area contributed by atoms with E-state index in [2.05, 4.69) is 20.0 Å². The van der Waals surface area contributed by atoms with Crippen LogP contribution < -0.4 is 26.6 Å². The average molecular weight is 1010 g/mol. The number of aliphatic imine (C=N–C) groups is 3. The van der Waals surface area contributed by atoms with Crippen LogP contribution in [-0.4, -0.2) is 111 Å². The second-order valence-electron chi connectivity index (χ2n) is 15.7. The van der Waals surface area contributed by atoms with Gasteiger partial charge in [0.15, 0.2) is 69.8 Å². The molecule has 4 aliphatic rings. The summed E-state index contributed by atoms with van der Waals surface area (Å²) < 4.78 is 194. The average Bonchev–Trinajstić information content (AvgIpc) is 4.22. The van der Waals surface area contributed by atoms with Crippen molar-refractivity contribution in [3.8, 4) is 0 Å². The summed E-state index contributed by atoms with van der Waals surface area (Å²) in [6, 6.07) is 2.28. The zero-order chi connectivity index (χ0) is 51.3. The van der Waals surface area contributed by atoms with Crippen LogP contribution in [0.25, 0.3) is 22.4 Å². The summed E-state index contributed by atoms with van der Waals surface area (Å²) in [5.74, 6) is -25.2. The summed E-state index contributed by atoms with van der Waals surface area (Å²) >= 11 is 0. The predicted molar refractivity (Wildman–Crippen MR) is 233 cm³/mol. The second kappa shape index (κ2) is 19.8. The highest BCUT2D eigenvalue weighted by Gasteiger charge is 2.37. The van der Waals surface area contributed by atoms with E-state index in [0.29, 0.717) is 0 Å². The molecule has 0 spiro atoms. The number of aliphatic hydroxyl groups excluding tert-OH is 6. The van der Waals surface area contributed by atoms with Crippen LogP contribution >= 0.6 is 0 Å². The fraction of sp³-hybridized carbons (Fsp3) is 0.196. The minimum Gasteiger partial charge on any atom is -0.394 e. The van der Waals surface area contributed by atoms with E-state index in [4.69, 9.17) is 15.3 Å². The lowest BCUT2D eigenvalue weighted by molar-refractivity contribution is 0.105. The Balaban J connectivity index is 1.47. The van der Waals surface area contributed by atoms with Gasteiger partial charge in [0.2, 0.25) is 0 Å². The van der Waals surface area contributed by atoms with Gasteiger partial charge in [0.05, 0.1) is 94.4 Å². The Kier molecular flexibility index (Phi) is 14.0. The highest BCUT2D eigenvalue weighted by atomic mass is 19.2. The molecule has 8 bridgehead atoms. The molecule has 0 saturated carbocycles. The Morgan fingerprint density at radius 2 is 0.662 bits per heavy atom. The summed E-state index contributed by atoms with van der Waals surface area (Å²) in [5, 5.41) is 62.0. The van der Waals surface area contributed by atoms with Crippen LogP contribution in [0.4, 0.5) is 69.7 Å². The van der Waals surface area contributed by atoms with Crippen molar-refractivity contribution in [3.63, 3.8) is 0 Å². The molecule has 25 heteroatoms. The maximum Gasteiger partial charge on any atom is 0.185 e. The molecule has 372 valence electrons. The van der Waals surface area contributed by atoms with Crippen LogP contribution in [0.15, 0.2) is 75.0 Å². The minimum atomic E-state index is -2.19. The van der Waals surface area contributed by atoms with Gasteiger partial charge in [-0.25, -0.2) is 67.7 Å². The molecule has 0 amide bonds. The van der Waals surface area contributed by atoms with Gasteiger partial charge in [0.1, 0.15) is 17.1 Å². The van der Waals surface area contributed by atoms with Crippen LogP contribution in [0.3, 0.4) is 0 Å². The molecule has 4 aliphatic heterocycles. The molecule has 10 N–H and O–H groups in total. The van der Waals surface area contributed by atoms with Gasteiger partial charge in [-0.2, -0.15) is 0 Å². The van der Waals surface area contributed by atoms with Gasteiger partial charge in [0, 0.05) is 41.7 Å². The van der Waals surface area contributed by atoms with E-state index in [1.807, 2.05) is 16.0 Å². The van der Waals surface area contributed by atoms with Gasteiger partial charge in [0.25, 0.3) is 0 Å². The van der Waals surface area contributed by atoms with Gasteiger partial charge < -0.3 is 51.6 Å². The van der Waals surface area contributed by atoms with Gasteiger partial charge >= 0.3 is 0 Å². The fourth-order valence-corrected chi connectivity index (χ4v) is 7.67. The third-order valence-electron chi connectivity index (χ3n) is 11.1. The first-order valence-electron chi connectivity index (χ1n) is 20.7. The molecular formula is C46H33F12N7O6. The van der Waals surface area contributed by atoms with Crippen molar-refractivity contribution in [1.29, 1.82) is 0 Å². The van der Waals surface area contributed by atoms with Crippen molar-refractivity contribution in [3.05, 3.63) is 157 Å². The zero-order valence-electron chi connectivity index (χ0n) is 35.7. The molecular weight excluding hydrogens is 975 g/mol. The number of anilines is 3. The Bertz CT molecular complexity index is 3240. The van der Waals surface area contributed by atoms with E-state index in [1.54, 1.807) is 0 Å². The van der Waals surface area contributed by atoms with E-state index >= 15 is 52.7 Å². The monoisotopic (exact) mass is 1010 g/mol. The number of H-pyrrole nitrogens is 1. The van der Waals surface area contributed by atoms with Gasteiger partial charge in [-0.3, -0.25) is 0 Å². The number of rotatable bonds is 15. The summed E-state index contributed by atoms with van der Waals surface area (Å²) in [5.41, 5.74) is -15.2. The lowest BCUT2D eigenvalue weighted by Gasteiger charge is -2.18. The normalized spacial score (nSPS) is 16.4. The number of aliphatic hydroxyl groups is 6. The Labute approximate surface area is 390 Å². The number of hydrogen-bond acceptors (Lipinski definition) is 12. The third kappa shape index (κ3) is 8.84. The Hall–Kier alpha value is -7.29. The SMILES string of the molecule is OCC(O)CNc1c(F)c(F)c(C2=C3C=CC(=N3)C(c3c(F)c(F)c(NCC(O)CO)c(F)c3F)=C3C=CC(=N3)C(c3c(F)c(F)c(NCC(O)CO)c(F)c3F)=c3ccc([nH]3)=C3C=CC2=N3)c(F)c1F. The molecule has 13 nitrogen and oxygen atoms in total. The minimum absolute atomic E-state index is 0.109. The van der Waals surface area contributed by atoms with Crippen LogP contribution in [0.2, 0.25) is 0 Å². The third-order valence-corrected chi connectivity index (χ3v) is 11.1. The highest BCUT2D eigenvalue weighted by molar-refractivity contribution is 6.37.